The number of fused-ring (bicyclic) bond motifs is 4. The first-order valence-corrected chi connectivity index (χ1v) is 8.83. The van der Waals surface area contributed by atoms with Crippen LogP contribution in [-0.2, 0) is 11.3 Å². The normalized spacial score (nSPS) is 22.4. The maximum atomic E-state index is 12.9. The zero-order valence-corrected chi connectivity index (χ0v) is 14.4. The highest BCUT2D eigenvalue weighted by molar-refractivity contribution is 5.95. The number of nitrogens with two attached hydrogens (primary N) is 1. The quantitative estimate of drug-likeness (QED) is 0.900. The number of carbonyl (C=O) groups is 2. The standard InChI is InChI=1S/C19H21N5O2/c20-17-7-5-13(9-22-17)18(25)23-10-14-4-6-16(12-23)24(19(14)26)11-15-3-1-2-8-21-15/h1-3,5,7-9,14,16H,4,6,10-12H2,(H2,20,22)/t14-,16+/m0/s1. The van der Waals surface area contributed by atoms with Crippen LogP contribution in [-0.4, -0.2) is 50.7 Å². The summed E-state index contributed by atoms with van der Waals surface area (Å²) in [6.07, 6.45) is 4.97. The Bertz CT molecular complexity index is 808. The Morgan fingerprint density at radius 3 is 2.77 bits per heavy atom. The van der Waals surface area contributed by atoms with Gasteiger partial charge < -0.3 is 15.5 Å². The van der Waals surface area contributed by atoms with Gasteiger partial charge in [0.2, 0.25) is 5.91 Å². The zero-order valence-electron chi connectivity index (χ0n) is 14.4. The van der Waals surface area contributed by atoms with Crippen molar-refractivity contribution in [1.29, 1.82) is 0 Å². The molecule has 7 nitrogen and oxygen atoms in total. The van der Waals surface area contributed by atoms with Gasteiger partial charge in [0.25, 0.3) is 5.91 Å². The van der Waals surface area contributed by atoms with Crippen molar-refractivity contribution in [1.82, 2.24) is 19.8 Å². The van der Waals surface area contributed by atoms with E-state index in [0.717, 1.165) is 18.5 Å². The summed E-state index contributed by atoms with van der Waals surface area (Å²) in [7, 11) is 0. The fourth-order valence-electron chi connectivity index (χ4n) is 3.79. The highest BCUT2D eigenvalue weighted by atomic mass is 16.2. The molecule has 2 aromatic rings. The van der Waals surface area contributed by atoms with E-state index in [1.165, 1.54) is 6.20 Å². The van der Waals surface area contributed by atoms with Crippen LogP contribution < -0.4 is 5.73 Å². The van der Waals surface area contributed by atoms with Crippen LogP contribution in [0.4, 0.5) is 5.82 Å². The molecule has 134 valence electrons. The van der Waals surface area contributed by atoms with Crippen molar-refractivity contribution >= 4 is 17.6 Å². The molecule has 0 saturated carbocycles. The Morgan fingerprint density at radius 2 is 2.04 bits per heavy atom. The van der Waals surface area contributed by atoms with E-state index >= 15 is 0 Å². The summed E-state index contributed by atoms with van der Waals surface area (Å²) < 4.78 is 0. The number of anilines is 1. The third kappa shape index (κ3) is 3.12. The second kappa shape index (κ2) is 6.74. The number of amides is 2. The SMILES string of the molecule is Nc1ccc(C(=O)N2C[C@@H]3CC[C@H](C2)N(Cc2ccccn2)C3=O)cn1. The summed E-state index contributed by atoms with van der Waals surface area (Å²) in [5.74, 6) is 0.261. The van der Waals surface area contributed by atoms with E-state index in [1.807, 2.05) is 23.1 Å². The predicted octanol–water partition coefficient (Wildman–Crippen LogP) is 1.32. The number of carbonyl (C=O) groups excluding carboxylic acids is 2. The molecule has 5 rings (SSSR count). The molecule has 0 radical (unpaired) electrons. The Kier molecular flexibility index (Phi) is 4.28. The van der Waals surface area contributed by atoms with Crippen molar-refractivity contribution in [3.8, 4) is 0 Å². The van der Waals surface area contributed by atoms with E-state index in [2.05, 4.69) is 9.97 Å². The predicted molar refractivity (Wildman–Crippen MR) is 95.9 cm³/mol. The van der Waals surface area contributed by atoms with E-state index in [9.17, 15) is 9.59 Å². The second-order valence-electron chi connectivity index (χ2n) is 6.90. The summed E-state index contributed by atoms with van der Waals surface area (Å²) in [6.45, 7) is 1.49. The lowest BCUT2D eigenvalue weighted by Gasteiger charge is -2.35. The van der Waals surface area contributed by atoms with Gasteiger partial charge in [-0.1, -0.05) is 6.07 Å². The first-order valence-electron chi connectivity index (χ1n) is 8.83. The number of hydrogen-bond donors (Lipinski definition) is 1. The highest BCUT2D eigenvalue weighted by Crippen LogP contribution is 2.30. The molecule has 26 heavy (non-hydrogen) atoms. The molecule has 0 spiro atoms. The van der Waals surface area contributed by atoms with Gasteiger partial charge in [0.05, 0.1) is 23.7 Å². The van der Waals surface area contributed by atoms with Crippen LogP contribution in [0.1, 0.15) is 28.9 Å². The van der Waals surface area contributed by atoms with Crippen LogP contribution >= 0.6 is 0 Å². The lowest BCUT2D eigenvalue weighted by molar-refractivity contribution is -0.140. The van der Waals surface area contributed by atoms with E-state index < -0.39 is 0 Å². The van der Waals surface area contributed by atoms with Gasteiger partial charge in [-0.15, -0.1) is 0 Å². The van der Waals surface area contributed by atoms with E-state index in [0.29, 0.717) is 31.0 Å². The number of nitrogen functional groups attached to an aromatic ring is 1. The molecule has 0 unspecified atom stereocenters. The Balaban J connectivity index is 1.54. The lowest BCUT2D eigenvalue weighted by Crippen LogP contribution is -2.47. The van der Waals surface area contributed by atoms with Crippen LogP contribution in [0.2, 0.25) is 0 Å². The zero-order chi connectivity index (χ0) is 18.1. The monoisotopic (exact) mass is 351 g/mol. The molecular weight excluding hydrogens is 330 g/mol. The van der Waals surface area contributed by atoms with Gasteiger partial charge in [0.15, 0.2) is 0 Å². The lowest BCUT2D eigenvalue weighted by atomic mass is 9.94. The van der Waals surface area contributed by atoms with Crippen molar-refractivity contribution in [3.63, 3.8) is 0 Å². The molecular formula is C19H21N5O2. The van der Waals surface area contributed by atoms with Crippen LogP contribution in [0.5, 0.6) is 0 Å². The first kappa shape index (κ1) is 16.5. The number of nitrogens with zero attached hydrogens (tertiary/aromatic N) is 4. The van der Waals surface area contributed by atoms with Gasteiger partial charge in [-0.3, -0.25) is 14.6 Å². The highest BCUT2D eigenvalue weighted by Gasteiger charge is 2.42. The van der Waals surface area contributed by atoms with Crippen molar-refractivity contribution in [2.75, 3.05) is 18.8 Å². The van der Waals surface area contributed by atoms with E-state index in [1.54, 1.807) is 23.2 Å². The third-order valence-corrected chi connectivity index (χ3v) is 5.17. The fraction of sp³-hybridized carbons (Fsp3) is 0.368. The average molecular weight is 351 g/mol. The van der Waals surface area contributed by atoms with Crippen LogP contribution in [0.25, 0.3) is 0 Å². The van der Waals surface area contributed by atoms with Crippen molar-refractivity contribution in [3.05, 3.63) is 54.0 Å². The maximum Gasteiger partial charge on any atom is 0.255 e. The summed E-state index contributed by atoms with van der Waals surface area (Å²) in [6, 6.07) is 9.04. The minimum atomic E-state index is -0.150. The molecule has 7 heteroatoms. The summed E-state index contributed by atoms with van der Waals surface area (Å²) in [5, 5.41) is 0. The van der Waals surface area contributed by atoms with Gasteiger partial charge in [0.1, 0.15) is 5.82 Å². The molecule has 0 aliphatic carbocycles. The Labute approximate surface area is 151 Å². The van der Waals surface area contributed by atoms with Gasteiger partial charge in [0, 0.05) is 31.5 Å². The van der Waals surface area contributed by atoms with E-state index in [4.69, 9.17) is 5.73 Å². The molecule has 0 aromatic carbocycles. The summed E-state index contributed by atoms with van der Waals surface area (Å²) >= 11 is 0. The molecule has 2 N–H and O–H groups in total. The van der Waals surface area contributed by atoms with Crippen LogP contribution in [0.15, 0.2) is 42.7 Å². The molecule has 2 aromatic heterocycles. The molecule has 3 aliphatic heterocycles. The first-order chi connectivity index (χ1) is 12.6. The molecule has 2 bridgehead atoms. The van der Waals surface area contributed by atoms with Gasteiger partial charge in [-0.2, -0.15) is 0 Å². The number of pyridine rings is 2. The number of piperidine rings is 1. The molecule has 3 saturated heterocycles. The van der Waals surface area contributed by atoms with Crippen LogP contribution in [0.3, 0.4) is 0 Å². The largest absolute Gasteiger partial charge is 0.384 e. The summed E-state index contributed by atoms with van der Waals surface area (Å²) in [5.41, 5.74) is 6.97. The maximum absolute atomic E-state index is 12.9. The topological polar surface area (TPSA) is 92.4 Å². The molecule has 2 amide bonds. The van der Waals surface area contributed by atoms with Gasteiger partial charge in [-0.05, 0) is 37.1 Å². The molecule has 3 fully saturated rings. The van der Waals surface area contributed by atoms with Gasteiger partial charge in [-0.25, -0.2) is 4.98 Å². The number of aromatic nitrogens is 2. The van der Waals surface area contributed by atoms with Crippen molar-refractivity contribution in [2.45, 2.75) is 25.4 Å². The Hall–Kier alpha value is -2.96. The van der Waals surface area contributed by atoms with Gasteiger partial charge >= 0.3 is 0 Å². The van der Waals surface area contributed by atoms with Crippen LogP contribution in [0, 0.1) is 5.92 Å². The minimum absolute atomic E-state index is 0.0222. The van der Waals surface area contributed by atoms with Crippen molar-refractivity contribution in [2.24, 2.45) is 5.92 Å². The smallest absolute Gasteiger partial charge is 0.255 e. The average Bonchev–Trinajstić information content (AvgIpc) is 2.95. The number of hydrogen-bond acceptors (Lipinski definition) is 5. The van der Waals surface area contributed by atoms with E-state index in [-0.39, 0.29) is 23.8 Å². The van der Waals surface area contributed by atoms with Crippen molar-refractivity contribution < 1.29 is 9.59 Å². The molecule has 3 aliphatic rings. The second-order valence-corrected chi connectivity index (χ2v) is 6.90. The Morgan fingerprint density at radius 1 is 1.15 bits per heavy atom. The molecule has 5 heterocycles. The minimum Gasteiger partial charge on any atom is -0.384 e. The fourth-order valence-corrected chi connectivity index (χ4v) is 3.79. The summed E-state index contributed by atoms with van der Waals surface area (Å²) in [4.78, 5) is 37.8. The third-order valence-electron chi connectivity index (χ3n) is 5.17. The molecule has 2 atom stereocenters. The number of rotatable bonds is 3.